The first-order valence-corrected chi connectivity index (χ1v) is 12.0. The molecule has 0 saturated heterocycles. The molecule has 11 heteroatoms. The van der Waals surface area contributed by atoms with Crippen molar-refractivity contribution in [1.82, 2.24) is 16.0 Å². The van der Waals surface area contributed by atoms with E-state index in [0.29, 0.717) is 38.0 Å². The molecule has 0 aliphatic heterocycles. The first kappa shape index (κ1) is 29.1. The number of nitrogens with one attached hydrogen (secondary N) is 3. The number of nitrogens with two attached hydrogens (primary N) is 2. The summed E-state index contributed by atoms with van der Waals surface area (Å²) in [6.45, 7) is 5.78. The zero-order valence-corrected chi connectivity index (χ0v) is 19.8. The Hall–Kier alpha value is -1.85. The molecule has 0 bridgehead atoms. The van der Waals surface area contributed by atoms with Crippen LogP contribution in [0.15, 0.2) is 0 Å². The van der Waals surface area contributed by atoms with Crippen molar-refractivity contribution in [3.05, 3.63) is 0 Å². The van der Waals surface area contributed by atoms with Gasteiger partial charge in [0.2, 0.25) is 17.7 Å². The maximum absolute atomic E-state index is 12.9. The summed E-state index contributed by atoms with van der Waals surface area (Å²) in [5, 5.41) is 17.2. The van der Waals surface area contributed by atoms with E-state index in [9.17, 15) is 24.3 Å². The van der Waals surface area contributed by atoms with Gasteiger partial charge in [0.1, 0.15) is 18.1 Å². The molecular weight excluding hydrogens is 422 g/mol. The maximum Gasteiger partial charge on any atom is 0.326 e. The monoisotopic (exact) mass is 461 g/mol. The third-order valence-corrected chi connectivity index (χ3v) is 5.20. The second kappa shape index (κ2) is 15.9. The van der Waals surface area contributed by atoms with Gasteiger partial charge >= 0.3 is 5.97 Å². The van der Waals surface area contributed by atoms with Crippen molar-refractivity contribution >= 4 is 35.5 Å². The molecule has 0 aromatic heterocycles. The Labute approximate surface area is 189 Å². The van der Waals surface area contributed by atoms with Crippen LogP contribution in [0.2, 0.25) is 0 Å². The first-order chi connectivity index (χ1) is 14.5. The summed E-state index contributed by atoms with van der Waals surface area (Å²) in [5.74, 6) is -1.96. The van der Waals surface area contributed by atoms with Crippen LogP contribution in [0.3, 0.4) is 0 Å². The lowest BCUT2D eigenvalue weighted by atomic mass is 10.0. The number of rotatable bonds is 16. The van der Waals surface area contributed by atoms with E-state index in [1.807, 2.05) is 20.1 Å². The van der Waals surface area contributed by atoms with Gasteiger partial charge in [0.15, 0.2) is 0 Å². The fraction of sp³-hybridized carbons (Fsp3) is 0.800. The summed E-state index contributed by atoms with van der Waals surface area (Å²) in [6, 6.07) is -3.60. The summed E-state index contributed by atoms with van der Waals surface area (Å²) < 4.78 is 0. The van der Waals surface area contributed by atoms with E-state index >= 15 is 0 Å². The van der Waals surface area contributed by atoms with Gasteiger partial charge in [-0.25, -0.2) is 4.79 Å². The second-order valence-electron chi connectivity index (χ2n) is 8.01. The van der Waals surface area contributed by atoms with Crippen LogP contribution in [-0.4, -0.2) is 71.5 Å². The number of thioether (sulfide) groups is 1. The van der Waals surface area contributed by atoms with Gasteiger partial charge in [-0.1, -0.05) is 13.8 Å². The van der Waals surface area contributed by atoms with E-state index in [1.165, 1.54) is 18.7 Å². The van der Waals surface area contributed by atoms with Crippen LogP contribution in [0, 0.1) is 5.92 Å². The molecule has 0 radical (unpaired) electrons. The molecule has 4 unspecified atom stereocenters. The van der Waals surface area contributed by atoms with Crippen LogP contribution in [0.1, 0.15) is 52.9 Å². The Morgan fingerprint density at radius 2 is 1.42 bits per heavy atom. The lowest BCUT2D eigenvalue weighted by molar-refractivity contribution is -0.142. The fourth-order valence-electron chi connectivity index (χ4n) is 2.81. The number of amides is 3. The molecule has 180 valence electrons. The summed E-state index contributed by atoms with van der Waals surface area (Å²) in [7, 11) is 0. The highest BCUT2D eigenvalue weighted by Gasteiger charge is 2.29. The van der Waals surface area contributed by atoms with E-state index in [4.69, 9.17) is 11.5 Å². The molecule has 8 N–H and O–H groups in total. The second-order valence-corrected chi connectivity index (χ2v) is 8.99. The van der Waals surface area contributed by atoms with Crippen LogP contribution in [0.5, 0.6) is 0 Å². The highest BCUT2D eigenvalue weighted by atomic mass is 32.2. The topological polar surface area (TPSA) is 177 Å². The Kier molecular flexibility index (Phi) is 14.9. The molecule has 0 aliphatic rings. The van der Waals surface area contributed by atoms with Crippen molar-refractivity contribution in [2.75, 3.05) is 18.6 Å². The molecule has 4 atom stereocenters. The maximum atomic E-state index is 12.9. The van der Waals surface area contributed by atoms with Crippen molar-refractivity contribution in [3.8, 4) is 0 Å². The van der Waals surface area contributed by atoms with E-state index in [1.54, 1.807) is 0 Å². The zero-order valence-electron chi connectivity index (χ0n) is 19.0. The number of carboxylic acids is 1. The predicted octanol–water partition coefficient (Wildman–Crippen LogP) is -0.199. The van der Waals surface area contributed by atoms with Crippen molar-refractivity contribution in [2.24, 2.45) is 17.4 Å². The van der Waals surface area contributed by atoms with Gasteiger partial charge in [-0.15, -0.1) is 0 Å². The lowest BCUT2D eigenvalue weighted by Gasteiger charge is -2.25. The van der Waals surface area contributed by atoms with E-state index in [2.05, 4.69) is 16.0 Å². The van der Waals surface area contributed by atoms with Gasteiger partial charge in [-0.3, -0.25) is 14.4 Å². The molecule has 0 aliphatic carbocycles. The molecule has 0 heterocycles. The average Bonchev–Trinajstić information content (AvgIpc) is 2.68. The Balaban J connectivity index is 5.31. The third-order valence-electron chi connectivity index (χ3n) is 4.56. The van der Waals surface area contributed by atoms with E-state index < -0.39 is 47.9 Å². The largest absolute Gasteiger partial charge is 0.480 e. The number of hydrogen-bond acceptors (Lipinski definition) is 7. The van der Waals surface area contributed by atoms with Crippen molar-refractivity contribution in [3.63, 3.8) is 0 Å². The summed E-state index contributed by atoms with van der Waals surface area (Å²) in [5.41, 5.74) is 11.0. The Bertz CT molecular complexity index is 588. The lowest BCUT2D eigenvalue weighted by Crippen LogP contribution is -2.57. The number of carboxylic acid groups (broad SMARTS) is 1. The highest BCUT2D eigenvalue weighted by molar-refractivity contribution is 7.98. The van der Waals surface area contributed by atoms with E-state index in [-0.39, 0.29) is 12.3 Å². The minimum Gasteiger partial charge on any atom is -0.480 e. The van der Waals surface area contributed by atoms with Gasteiger partial charge in [0, 0.05) is 0 Å². The van der Waals surface area contributed by atoms with Crippen LogP contribution in [0.4, 0.5) is 0 Å². The Morgan fingerprint density at radius 3 is 1.90 bits per heavy atom. The quantitative estimate of drug-likeness (QED) is 0.171. The fourth-order valence-corrected chi connectivity index (χ4v) is 3.28. The van der Waals surface area contributed by atoms with Gasteiger partial charge in [0.25, 0.3) is 0 Å². The number of hydrogen-bond donors (Lipinski definition) is 6. The minimum absolute atomic E-state index is 0.113. The molecule has 0 saturated carbocycles. The number of carbonyl (C=O) groups is 4. The smallest absolute Gasteiger partial charge is 0.326 e. The molecule has 0 spiro atoms. The van der Waals surface area contributed by atoms with Crippen LogP contribution >= 0.6 is 11.8 Å². The highest BCUT2D eigenvalue weighted by Crippen LogP contribution is 2.09. The molecule has 0 aromatic carbocycles. The number of unbranched alkanes of at least 4 members (excludes halogenated alkanes) is 1. The van der Waals surface area contributed by atoms with Crippen LogP contribution in [0.25, 0.3) is 0 Å². The SMILES string of the molecule is CSCCC(NC(=O)C(CC(C)C)NC(=O)C(C)N)C(=O)NC(CCCCN)C(=O)O. The molecule has 31 heavy (non-hydrogen) atoms. The van der Waals surface area contributed by atoms with Crippen molar-refractivity contribution < 1.29 is 24.3 Å². The van der Waals surface area contributed by atoms with Crippen LogP contribution < -0.4 is 27.4 Å². The first-order valence-electron chi connectivity index (χ1n) is 10.6. The van der Waals surface area contributed by atoms with Crippen molar-refractivity contribution in [1.29, 1.82) is 0 Å². The van der Waals surface area contributed by atoms with Gasteiger partial charge in [-0.2, -0.15) is 11.8 Å². The standard InChI is InChI=1S/C20H39N5O5S/c1-12(2)11-16(25-17(26)13(3)22)19(28)23-14(8-10-31-4)18(27)24-15(20(29)30)7-5-6-9-21/h12-16H,5-11,21-22H2,1-4H3,(H,23,28)(H,24,27)(H,25,26)(H,29,30). The minimum atomic E-state index is -1.14. The molecular formula is C20H39N5O5S. The Morgan fingerprint density at radius 1 is 0.871 bits per heavy atom. The average molecular weight is 462 g/mol. The summed E-state index contributed by atoms with van der Waals surface area (Å²) in [4.78, 5) is 49.1. The normalized spacial score (nSPS) is 14.9. The van der Waals surface area contributed by atoms with Crippen molar-refractivity contribution in [2.45, 2.75) is 77.0 Å². The molecule has 0 aromatic rings. The van der Waals surface area contributed by atoms with Gasteiger partial charge in [-0.05, 0) is 63.5 Å². The molecule has 3 amide bonds. The number of carbonyl (C=O) groups excluding carboxylic acids is 3. The zero-order chi connectivity index (χ0) is 24.0. The third kappa shape index (κ3) is 12.6. The van der Waals surface area contributed by atoms with Crippen LogP contribution in [-0.2, 0) is 19.2 Å². The number of aliphatic carboxylic acids is 1. The predicted molar refractivity (Wildman–Crippen MR) is 122 cm³/mol. The molecule has 10 nitrogen and oxygen atoms in total. The van der Waals surface area contributed by atoms with E-state index in [0.717, 1.165) is 0 Å². The summed E-state index contributed by atoms with van der Waals surface area (Å²) in [6.07, 6.45) is 4.04. The van der Waals surface area contributed by atoms with Gasteiger partial charge < -0.3 is 32.5 Å². The molecule has 0 rings (SSSR count). The van der Waals surface area contributed by atoms with Gasteiger partial charge in [0.05, 0.1) is 6.04 Å². The summed E-state index contributed by atoms with van der Waals surface area (Å²) >= 11 is 1.50. The molecule has 0 fully saturated rings.